The number of aromatic nitrogens is 2. The molecule has 0 spiro atoms. The minimum atomic E-state index is -0.307. The van der Waals surface area contributed by atoms with Gasteiger partial charge in [-0.2, -0.15) is 5.10 Å². The minimum absolute atomic E-state index is 0.0196. The van der Waals surface area contributed by atoms with Crippen molar-refractivity contribution >= 4 is 40.0 Å². The molecular formula is C22H24N4O5. The maximum atomic E-state index is 12.5. The van der Waals surface area contributed by atoms with Crippen LogP contribution in [0.4, 0.5) is 11.4 Å². The van der Waals surface area contributed by atoms with E-state index in [-0.39, 0.29) is 30.9 Å². The van der Waals surface area contributed by atoms with E-state index >= 15 is 0 Å². The first-order chi connectivity index (χ1) is 15.0. The molecule has 0 aliphatic carbocycles. The Morgan fingerprint density at radius 2 is 1.58 bits per heavy atom. The minimum Gasteiger partial charge on any atom is -0.372 e. The maximum Gasteiger partial charge on any atom is 0.272 e. The zero-order valence-electron chi connectivity index (χ0n) is 17.4. The van der Waals surface area contributed by atoms with Crippen LogP contribution in [0.25, 0.3) is 10.9 Å². The molecule has 3 aromatic rings. The number of rotatable bonds is 9. The van der Waals surface area contributed by atoms with E-state index in [0.717, 1.165) is 5.39 Å². The lowest BCUT2D eigenvalue weighted by Gasteiger charge is -2.08. The third kappa shape index (κ3) is 5.97. The van der Waals surface area contributed by atoms with E-state index in [2.05, 4.69) is 15.7 Å². The number of amides is 2. The molecule has 0 aliphatic rings. The van der Waals surface area contributed by atoms with E-state index in [1.165, 1.54) is 4.68 Å². The second-order valence-electron chi connectivity index (χ2n) is 6.59. The molecule has 2 amide bonds. The Morgan fingerprint density at radius 1 is 0.903 bits per heavy atom. The van der Waals surface area contributed by atoms with Crippen LogP contribution in [-0.2, 0) is 14.3 Å². The van der Waals surface area contributed by atoms with Gasteiger partial charge >= 0.3 is 0 Å². The van der Waals surface area contributed by atoms with Crippen LogP contribution in [0.2, 0.25) is 0 Å². The van der Waals surface area contributed by atoms with Gasteiger partial charge in [0.2, 0.25) is 5.91 Å². The van der Waals surface area contributed by atoms with Gasteiger partial charge in [-0.1, -0.05) is 0 Å². The van der Waals surface area contributed by atoms with Gasteiger partial charge in [0.1, 0.15) is 13.2 Å². The van der Waals surface area contributed by atoms with Crippen LogP contribution in [-0.4, -0.2) is 53.9 Å². The maximum absolute atomic E-state index is 12.5. The predicted octanol–water partition coefficient (Wildman–Crippen LogP) is 2.94. The van der Waals surface area contributed by atoms with Crippen LogP contribution >= 0.6 is 0 Å². The molecule has 1 aromatic heterocycles. The normalized spacial score (nSPS) is 10.8. The van der Waals surface area contributed by atoms with Crippen molar-refractivity contribution in [3.05, 3.63) is 54.2 Å². The zero-order chi connectivity index (χ0) is 22.2. The molecule has 0 atom stereocenters. The van der Waals surface area contributed by atoms with Gasteiger partial charge in [-0.3, -0.25) is 14.4 Å². The fourth-order valence-corrected chi connectivity index (χ4v) is 2.78. The molecule has 162 valence electrons. The van der Waals surface area contributed by atoms with Gasteiger partial charge in [0.15, 0.2) is 0 Å². The topological polar surface area (TPSA) is 112 Å². The predicted molar refractivity (Wildman–Crippen MR) is 116 cm³/mol. The number of nitrogens with zero attached hydrogens (tertiary/aromatic N) is 2. The van der Waals surface area contributed by atoms with E-state index in [0.29, 0.717) is 35.7 Å². The van der Waals surface area contributed by atoms with E-state index < -0.39 is 0 Å². The Labute approximate surface area is 179 Å². The van der Waals surface area contributed by atoms with Gasteiger partial charge in [0.25, 0.3) is 11.8 Å². The van der Waals surface area contributed by atoms with Crippen molar-refractivity contribution in [1.29, 1.82) is 0 Å². The number of fused-ring (bicyclic) bond motifs is 1. The molecule has 0 unspecified atom stereocenters. The Hall–Kier alpha value is -3.56. The second kappa shape index (κ2) is 10.5. The van der Waals surface area contributed by atoms with Crippen molar-refractivity contribution in [2.75, 3.05) is 37.1 Å². The number of ether oxygens (including phenoxy) is 2. The molecule has 3 rings (SSSR count). The van der Waals surface area contributed by atoms with Crippen LogP contribution in [0.1, 0.15) is 29.0 Å². The highest BCUT2D eigenvalue weighted by Crippen LogP contribution is 2.19. The molecule has 31 heavy (non-hydrogen) atoms. The highest BCUT2D eigenvalue weighted by Gasteiger charge is 2.11. The molecule has 0 aliphatic heterocycles. The lowest BCUT2D eigenvalue weighted by Crippen LogP contribution is -2.18. The summed E-state index contributed by atoms with van der Waals surface area (Å²) >= 11 is 0. The van der Waals surface area contributed by atoms with Gasteiger partial charge < -0.3 is 20.1 Å². The first-order valence-corrected chi connectivity index (χ1v) is 9.89. The Kier molecular flexibility index (Phi) is 7.47. The molecule has 2 N–H and O–H groups in total. The first kappa shape index (κ1) is 22.1. The number of nitrogens with one attached hydrogen (secondary N) is 2. The van der Waals surface area contributed by atoms with Crippen molar-refractivity contribution in [1.82, 2.24) is 9.78 Å². The summed E-state index contributed by atoms with van der Waals surface area (Å²) in [7, 11) is 0. The fourth-order valence-electron chi connectivity index (χ4n) is 2.78. The van der Waals surface area contributed by atoms with Gasteiger partial charge in [0, 0.05) is 41.7 Å². The average molecular weight is 424 g/mol. The molecule has 0 bridgehead atoms. The summed E-state index contributed by atoms with van der Waals surface area (Å²) in [6, 6.07) is 11.7. The number of hydrogen-bond donors (Lipinski definition) is 2. The Bertz CT molecular complexity index is 1080. The monoisotopic (exact) mass is 424 g/mol. The molecule has 9 heteroatoms. The second-order valence-corrected chi connectivity index (χ2v) is 6.59. The third-order valence-electron chi connectivity index (χ3n) is 4.32. The van der Waals surface area contributed by atoms with Crippen molar-refractivity contribution in [2.45, 2.75) is 13.8 Å². The van der Waals surface area contributed by atoms with E-state index in [1.807, 2.05) is 13.8 Å². The molecule has 0 saturated carbocycles. The number of carbonyl (C=O) groups excluding carboxylic acids is 3. The molecule has 0 radical (unpaired) electrons. The Balaban J connectivity index is 1.64. The smallest absolute Gasteiger partial charge is 0.272 e. The number of benzene rings is 2. The first-order valence-electron chi connectivity index (χ1n) is 9.89. The van der Waals surface area contributed by atoms with Crippen molar-refractivity contribution in [3.63, 3.8) is 0 Å². The zero-order valence-corrected chi connectivity index (χ0v) is 17.4. The lowest BCUT2D eigenvalue weighted by molar-refractivity contribution is -0.120. The summed E-state index contributed by atoms with van der Waals surface area (Å²) in [6.45, 7) is 4.47. The van der Waals surface area contributed by atoms with Crippen LogP contribution in [0, 0.1) is 0 Å². The molecular weight excluding hydrogens is 400 g/mol. The molecule has 1 heterocycles. The highest BCUT2D eigenvalue weighted by molar-refractivity contribution is 6.05. The SMILES string of the molecule is CCOCC(=O)Nc1ccc(C(=O)Nc2ccc3cn(C(=O)COCC)nc3c2)cc1. The van der Waals surface area contributed by atoms with Crippen molar-refractivity contribution in [3.8, 4) is 0 Å². The fraction of sp³-hybridized carbons (Fsp3) is 0.273. The van der Waals surface area contributed by atoms with Crippen LogP contribution < -0.4 is 10.6 Å². The molecule has 0 fully saturated rings. The van der Waals surface area contributed by atoms with Crippen LogP contribution in [0.5, 0.6) is 0 Å². The molecule has 2 aromatic carbocycles. The third-order valence-corrected chi connectivity index (χ3v) is 4.32. The summed E-state index contributed by atoms with van der Waals surface area (Å²) in [4.78, 5) is 36.3. The van der Waals surface area contributed by atoms with Gasteiger partial charge in [0.05, 0.1) is 5.52 Å². The quantitative estimate of drug-likeness (QED) is 0.546. The van der Waals surface area contributed by atoms with Crippen LogP contribution in [0.3, 0.4) is 0 Å². The summed E-state index contributed by atoms with van der Waals surface area (Å²) in [5, 5.41) is 10.5. The summed E-state index contributed by atoms with van der Waals surface area (Å²) in [6.07, 6.45) is 1.63. The number of hydrogen-bond acceptors (Lipinski definition) is 6. The number of anilines is 2. The Morgan fingerprint density at radius 3 is 2.29 bits per heavy atom. The number of carbonyl (C=O) groups is 3. The van der Waals surface area contributed by atoms with Crippen molar-refractivity contribution in [2.24, 2.45) is 0 Å². The molecule has 0 saturated heterocycles. The standard InChI is InChI=1S/C22H24N4O5/c1-3-30-13-20(27)23-17-8-5-15(6-9-17)22(29)24-18-10-7-16-12-26(25-19(16)11-18)21(28)14-31-4-2/h5-12H,3-4,13-14H2,1-2H3,(H,23,27)(H,24,29). The van der Waals surface area contributed by atoms with Crippen molar-refractivity contribution < 1.29 is 23.9 Å². The summed E-state index contributed by atoms with van der Waals surface area (Å²) in [5.74, 6) is -0.831. The summed E-state index contributed by atoms with van der Waals surface area (Å²) in [5.41, 5.74) is 2.13. The lowest BCUT2D eigenvalue weighted by atomic mass is 10.1. The van der Waals surface area contributed by atoms with Gasteiger partial charge in [-0.05, 0) is 56.3 Å². The van der Waals surface area contributed by atoms with E-state index in [1.54, 1.807) is 48.7 Å². The van der Waals surface area contributed by atoms with E-state index in [4.69, 9.17) is 9.47 Å². The summed E-state index contributed by atoms with van der Waals surface area (Å²) < 4.78 is 11.4. The largest absolute Gasteiger partial charge is 0.372 e. The van der Waals surface area contributed by atoms with Gasteiger partial charge in [-0.15, -0.1) is 0 Å². The van der Waals surface area contributed by atoms with Gasteiger partial charge in [-0.25, -0.2) is 4.68 Å². The van der Waals surface area contributed by atoms with E-state index in [9.17, 15) is 14.4 Å². The highest BCUT2D eigenvalue weighted by atomic mass is 16.5. The average Bonchev–Trinajstić information content (AvgIpc) is 3.20. The van der Waals surface area contributed by atoms with Crippen LogP contribution in [0.15, 0.2) is 48.7 Å². The molecule has 9 nitrogen and oxygen atoms in total.